The normalized spacial score (nSPS) is 19.8. The van der Waals surface area contributed by atoms with E-state index in [4.69, 9.17) is 0 Å². The number of hydrogen-bond donors (Lipinski definition) is 1. The molecule has 3 nitrogen and oxygen atoms in total. The summed E-state index contributed by atoms with van der Waals surface area (Å²) in [5, 5.41) is 3.49. The van der Waals surface area contributed by atoms with Crippen molar-refractivity contribution >= 4 is 5.82 Å². The number of hydrogen-bond acceptors (Lipinski definition) is 3. The van der Waals surface area contributed by atoms with E-state index in [1.807, 2.05) is 12.3 Å². The minimum Gasteiger partial charge on any atom is -0.353 e. The number of aromatic nitrogens is 1. The summed E-state index contributed by atoms with van der Waals surface area (Å²) in [6.45, 7) is 8.71. The van der Waals surface area contributed by atoms with Crippen LogP contribution in [0.2, 0.25) is 0 Å². The van der Waals surface area contributed by atoms with Gasteiger partial charge in [0.1, 0.15) is 5.82 Å². The van der Waals surface area contributed by atoms with Crippen LogP contribution in [-0.2, 0) is 6.54 Å². The zero-order valence-electron chi connectivity index (χ0n) is 11.8. The second kappa shape index (κ2) is 6.19. The Morgan fingerprint density at radius 2 is 2.33 bits per heavy atom. The summed E-state index contributed by atoms with van der Waals surface area (Å²) in [6, 6.07) is 5.43. The van der Waals surface area contributed by atoms with E-state index in [-0.39, 0.29) is 0 Å². The third-order valence-corrected chi connectivity index (χ3v) is 3.69. The molecule has 1 N–H and O–H groups in total. The average Bonchev–Trinajstić information content (AvgIpc) is 2.84. The van der Waals surface area contributed by atoms with E-state index in [1.54, 1.807) is 0 Å². The molecule has 1 aromatic rings. The highest BCUT2D eigenvalue weighted by atomic mass is 15.2. The number of anilines is 1. The molecule has 0 amide bonds. The first kappa shape index (κ1) is 13.3. The molecule has 1 aliphatic rings. The minimum absolute atomic E-state index is 0.513. The van der Waals surface area contributed by atoms with Gasteiger partial charge in [0, 0.05) is 36.9 Å². The van der Waals surface area contributed by atoms with Crippen molar-refractivity contribution in [1.82, 2.24) is 10.3 Å². The fourth-order valence-electron chi connectivity index (χ4n) is 2.68. The molecule has 2 rings (SSSR count). The fraction of sp³-hybridized carbons (Fsp3) is 0.667. The van der Waals surface area contributed by atoms with Gasteiger partial charge in [0.15, 0.2) is 0 Å². The van der Waals surface area contributed by atoms with Crippen LogP contribution in [0.25, 0.3) is 0 Å². The molecule has 0 aromatic carbocycles. The van der Waals surface area contributed by atoms with Crippen LogP contribution in [-0.4, -0.2) is 23.6 Å². The van der Waals surface area contributed by atoms with Crippen LogP contribution in [0.4, 0.5) is 5.82 Å². The topological polar surface area (TPSA) is 28.2 Å². The van der Waals surface area contributed by atoms with Crippen molar-refractivity contribution in [2.24, 2.45) is 0 Å². The lowest BCUT2D eigenvalue weighted by atomic mass is 10.1. The first-order valence-electron chi connectivity index (χ1n) is 7.16. The molecule has 1 fully saturated rings. The maximum atomic E-state index is 4.62. The van der Waals surface area contributed by atoms with Crippen LogP contribution >= 0.6 is 0 Å². The third kappa shape index (κ3) is 3.02. The van der Waals surface area contributed by atoms with E-state index in [1.165, 1.54) is 30.6 Å². The van der Waals surface area contributed by atoms with Crippen LogP contribution < -0.4 is 10.2 Å². The van der Waals surface area contributed by atoms with Crippen molar-refractivity contribution < 1.29 is 0 Å². The molecule has 1 aliphatic heterocycles. The molecule has 18 heavy (non-hydrogen) atoms. The van der Waals surface area contributed by atoms with Gasteiger partial charge in [0.2, 0.25) is 0 Å². The van der Waals surface area contributed by atoms with Gasteiger partial charge >= 0.3 is 0 Å². The lowest BCUT2D eigenvalue weighted by Crippen LogP contribution is -2.31. The van der Waals surface area contributed by atoms with Crippen molar-refractivity contribution in [2.75, 3.05) is 11.4 Å². The van der Waals surface area contributed by atoms with Crippen LogP contribution in [0, 0.1) is 0 Å². The van der Waals surface area contributed by atoms with E-state index in [0.717, 1.165) is 13.1 Å². The van der Waals surface area contributed by atoms with Crippen LogP contribution in [0.5, 0.6) is 0 Å². The Labute approximate surface area is 111 Å². The smallest absolute Gasteiger partial charge is 0.133 e. The molecule has 2 heterocycles. The number of pyridine rings is 1. The molecular weight excluding hydrogens is 222 g/mol. The summed E-state index contributed by atoms with van der Waals surface area (Å²) < 4.78 is 0. The Morgan fingerprint density at radius 1 is 1.50 bits per heavy atom. The molecule has 1 saturated heterocycles. The maximum absolute atomic E-state index is 4.62. The highest BCUT2D eigenvalue weighted by molar-refractivity contribution is 5.48. The van der Waals surface area contributed by atoms with Gasteiger partial charge in [-0.2, -0.15) is 0 Å². The lowest BCUT2D eigenvalue weighted by molar-refractivity contribution is 0.583. The molecule has 0 spiro atoms. The van der Waals surface area contributed by atoms with E-state index < -0.39 is 0 Å². The van der Waals surface area contributed by atoms with Gasteiger partial charge in [0.05, 0.1) is 0 Å². The van der Waals surface area contributed by atoms with E-state index >= 15 is 0 Å². The van der Waals surface area contributed by atoms with E-state index in [0.29, 0.717) is 12.1 Å². The molecular formula is C15H25N3. The van der Waals surface area contributed by atoms with Gasteiger partial charge in [-0.05, 0) is 25.3 Å². The fourth-order valence-corrected chi connectivity index (χ4v) is 2.68. The number of nitrogens with zero attached hydrogens (tertiary/aromatic N) is 2. The van der Waals surface area contributed by atoms with Crippen LogP contribution in [0.1, 0.15) is 45.6 Å². The highest BCUT2D eigenvalue weighted by Gasteiger charge is 2.25. The Kier molecular flexibility index (Phi) is 4.59. The molecule has 0 aliphatic carbocycles. The standard InChI is InChI=1S/C15H25N3/c1-4-14-8-6-10-18(14)15-13(7-5-9-16-15)11-17-12(2)3/h5,7,9,12,14,17H,4,6,8,10-11H2,1-3H3. The predicted octanol–water partition coefficient (Wildman–Crippen LogP) is 2.96. The Hall–Kier alpha value is -1.09. The molecule has 1 unspecified atom stereocenters. The summed E-state index contributed by atoms with van der Waals surface area (Å²) in [4.78, 5) is 7.12. The maximum Gasteiger partial charge on any atom is 0.133 e. The quantitative estimate of drug-likeness (QED) is 0.867. The average molecular weight is 247 g/mol. The molecule has 0 radical (unpaired) electrons. The largest absolute Gasteiger partial charge is 0.353 e. The molecule has 1 atom stereocenters. The summed E-state index contributed by atoms with van der Waals surface area (Å²) in [7, 11) is 0. The summed E-state index contributed by atoms with van der Waals surface area (Å²) in [6.07, 6.45) is 5.74. The second-order valence-electron chi connectivity index (χ2n) is 5.42. The summed E-state index contributed by atoms with van der Waals surface area (Å²) >= 11 is 0. The number of rotatable bonds is 5. The van der Waals surface area contributed by atoms with E-state index in [9.17, 15) is 0 Å². The van der Waals surface area contributed by atoms with Crippen molar-refractivity contribution in [2.45, 2.75) is 58.7 Å². The van der Waals surface area contributed by atoms with Gasteiger partial charge in [-0.25, -0.2) is 4.98 Å². The van der Waals surface area contributed by atoms with E-state index in [2.05, 4.69) is 42.0 Å². The second-order valence-corrected chi connectivity index (χ2v) is 5.42. The van der Waals surface area contributed by atoms with Gasteiger partial charge in [-0.3, -0.25) is 0 Å². The first-order valence-corrected chi connectivity index (χ1v) is 7.16. The van der Waals surface area contributed by atoms with Crippen LogP contribution in [0.3, 0.4) is 0 Å². The molecule has 0 saturated carbocycles. The summed E-state index contributed by atoms with van der Waals surface area (Å²) in [5.74, 6) is 1.19. The number of nitrogens with one attached hydrogen (secondary N) is 1. The Balaban J connectivity index is 2.16. The van der Waals surface area contributed by atoms with Gasteiger partial charge in [0.25, 0.3) is 0 Å². The van der Waals surface area contributed by atoms with Gasteiger partial charge in [-0.1, -0.05) is 26.8 Å². The van der Waals surface area contributed by atoms with Crippen molar-refractivity contribution in [3.05, 3.63) is 23.9 Å². The van der Waals surface area contributed by atoms with Gasteiger partial charge < -0.3 is 10.2 Å². The summed E-state index contributed by atoms with van der Waals surface area (Å²) in [5.41, 5.74) is 1.33. The zero-order valence-corrected chi connectivity index (χ0v) is 11.8. The van der Waals surface area contributed by atoms with Crippen LogP contribution in [0.15, 0.2) is 18.3 Å². The minimum atomic E-state index is 0.513. The zero-order chi connectivity index (χ0) is 13.0. The molecule has 3 heteroatoms. The first-order chi connectivity index (χ1) is 8.72. The molecule has 0 bridgehead atoms. The Bertz CT molecular complexity index is 376. The SMILES string of the molecule is CCC1CCCN1c1ncccc1CNC(C)C. The van der Waals surface area contributed by atoms with Crippen molar-refractivity contribution in [3.63, 3.8) is 0 Å². The molecule has 1 aromatic heterocycles. The monoisotopic (exact) mass is 247 g/mol. The highest BCUT2D eigenvalue weighted by Crippen LogP contribution is 2.28. The molecule has 100 valence electrons. The van der Waals surface area contributed by atoms with Crippen molar-refractivity contribution in [1.29, 1.82) is 0 Å². The predicted molar refractivity (Wildman–Crippen MR) is 76.9 cm³/mol. The van der Waals surface area contributed by atoms with Crippen molar-refractivity contribution in [3.8, 4) is 0 Å². The van der Waals surface area contributed by atoms with Gasteiger partial charge in [-0.15, -0.1) is 0 Å². The third-order valence-electron chi connectivity index (χ3n) is 3.69. The lowest BCUT2D eigenvalue weighted by Gasteiger charge is -2.27. The Morgan fingerprint density at radius 3 is 3.06 bits per heavy atom.